The summed E-state index contributed by atoms with van der Waals surface area (Å²) >= 11 is 1.68. The van der Waals surface area contributed by atoms with Gasteiger partial charge in [0.05, 0.1) is 10.2 Å². The van der Waals surface area contributed by atoms with E-state index < -0.39 is 0 Å². The van der Waals surface area contributed by atoms with E-state index >= 15 is 0 Å². The average Bonchev–Trinajstić information content (AvgIpc) is 3.11. The molecule has 4 aromatic rings. The Kier molecular flexibility index (Phi) is 4.60. The quantitative estimate of drug-likeness (QED) is 0.492. The van der Waals surface area contributed by atoms with E-state index in [1.54, 1.807) is 17.4 Å². The Labute approximate surface area is 161 Å². The molecule has 0 radical (unpaired) electrons. The van der Waals surface area contributed by atoms with Gasteiger partial charge in [-0.05, 0) is 67.1 Å². The number of hydrogen-bond donors (Lipinski definition) is 2. The number of fused-ring (bicyclic) bond motifs is 1. The Bertz CT molecular complexity index is 1120. The van der Waals surface area contributed by atoms with Gasteiger partial charge in [-0.3, -0.25) is 4.79 Å². The molecule has 1 aromatic heterocycles. The largest absolute Gasteiger partial charge is 0.388 e. The molecule has 0 saturated carbocycles. The predicted octanol–water partition coefficient (Wildman–Crippen LogP) is 5.57. The second-order valence-corrected chi connectivity index (χ2v) is 7.38. The van der Waals surface area contributed by atoms with Crippen LogP contribution in [0.4, 0.5) is 11.4 Å². The Morgan fingerprint density at radius 1 is 0.963 bits per heavy atom. The van der Waals surface area contributed by atoms with Gasteiger partial charge in [0.25, 0.3) is 5.91 Å². The zero-order chi connectivity index (χ0) is 18.8. The van der Waals surface area contributed by atoms with Crippen LogP contribution in [0.5, 0.6) is 0 Å². The number of thiazole rings is 1. The highest BCUT2D eigenvalue weighted by molar-refractivity contribution is 7.21. The number of hydrogen-bond acceptors (Lipinski definition) is 4. The molecule has 0 unspecified atom stereocenters. The highest BCUT2D eigenvalue weighted by atomic mass is 32.1. The minimum atomic E-state index is -0.129. The van der Waals surface area contributed by atoms with E-state index in [1.807, 2.05) is 49.5 Å². The van der Waals surface area contributed by atoms with E-state index in [1.165, 1.54) is 10.3 Å². The van der Waals surface area contributed by atoms with E-state index in [0.29, 0.717) is 5.56 Å². The lowest BCUT2D eigenvalue weighted by molar-refractivity contribution is 0.102. The Morgan fingerprint density at radius 2 is 1.78 bits per heavy atom. The number of nitrogens with zero attached hydrogens (tertiary/aromatic N) is 1. The van der Waals surface area contributed by atoms with Gasteiger partial charge in [-0.15, -0.1) is 11.3 Å². The van der Waals surface area contributed by atoms with Crippen LogP contribution >= 0.6 is 11.3 Å². The maximum atomic E-state index is 12.4. The van der Waals surface area contributed by atoms with Crippen LogP contribution in [-0.4, -0.2) is 17.9 Å². The fourth-order valence-electron chi connectivity index (χ4n) is 2.87. The molecule has 0 aliphatic heterocycles. The summed E-state index contributed by atoms with van der Waals surface area (Å²) in [6.07, 6.45) is 0. The minimum absolute atomic E-state index is 0.129. The van der Waals surface area contributed by atoms with Crippen LogP contribution in [0.1, 0.15) is 15.9 Å². The van der Waals surface area contributed by atoms with E-state index in [2.05, 4.69) is 35.8 Å². The van der Waals surface area contributed by atoms with Crippen LogP contribution in [0.3, 0.4) is 0 Å². The van der Waals surface area contributed by atoms with Gasteiger partial charge in [-0.1, -0.05) is 12.1 Å². The van der Waals surface area contributed by atoms with Crippen LogP contribution in [0, 0.1) is 6.92 Å². The van der Waals surface area contributed by atoms with Crippen LogP contribution in [0.25, 0.3) is 20.8 Å². The minimum Gasteiger partial charge on any atom is -0.388 e. The van der Waals surface area contributed by atoms with Crippen molar-refractivity contribution < 1.29 is 4.79 Å². The Morgan fingerprint density at radius 3 is 2.56 bits per heavy atom. The van der Waals surface area contributed by atoms with Crippen molar-refractivity contribution in [1.82, 2.24) is 4.98 Å². The molecular weight excluding hydrogens is 354 g/mol. The van der Waals surface area contributed by atoms with Gasteiger partial charge < -0.3 is 10.6 Å². The summed E-state index contributed by atoms with van der Waals surface area (Å²) in [5.41, 5.74) is 5.58. The number of rotatable bonds is 4. The molecule has 0 spiro atoms. The van der Waals surface area contributed by atoms with Crippen LogP contribution in [0.15, 0.2) is 66.7 Å². The summed E-state index contributed by atoms with van der Waals surface area (Å²) in [6, 6.07) is 21.5. The number of anilines is 2. The maximum absolute atomic E-state index is 12.4. The molecule has 0 fully saturated rings. The van der Waals surface area contributed by atoms with Crippen LogP contribution in [-0.2, 0) is 0 Å². The van der Waals surface area contributed by atoms with Crippen molar-refractivity contribution in [2.24, 2.45) is 0 Å². The van der Waals surface area contributed by atoms with E-state index in [9.17, 15) is 4.79 Å². The molecule has 0 saturated heterocycles. The SMILES string of the molecule is CNc1cccc(C(=O)Nc2ccc(-c3nc4ccc(C)cc4s3)cc2)c1. The number of amides is 1. The Balaban J connectivity index is 1.53. The number of carbonyl (C=O) groups is 1. The normalized spacial score (nSPS) is 10.7. The number of nitrogens with one attached hydrogen (secondary N) is 2. The molecule has 3 aromatic carbocycles. The summed E-state index contributed by atoms with van der Waals surface area (Å²) in [6.45, 7) is 2.09. The second-order valence-electron chi connectivity index (χ2n) is 6.35. The van der Waals surface area contributed by atoms with Crippen LogP contribution < -0.4 is 10.6 Å². The molecule has 4 rings (SSSR count). The summed E-state index contributed by atoms with van der Waals surface area (Å²) in [7, 11) is 1.83. The molecule has 27 heavy (non-hydrogen) atoms. The molecule has 1 amide bonds. The highest BCUT2D eigenvalue weighted by Gasteiger charge is 2.09. The van der Waals surface area contributed by atoms with Crippen molar-refractivity contribution in [3.63, 3.8) is 0 Å². The van der Waals surface area contributed by atoms with Gasteiger partial charge in [0, 0.05) is 29.5 Å². The third kappa shape index (κ3) is 3.68. The van der Waals surface area contributed by atoms with Gasteiger partial charge in [0.15, 0.2) is 0 Å². The molecule has 1 heterocycles. The lowest BCUT2D eigenvalue weighted by Crippen LogP contribution is -2.11. The molecule has 134 valence electrons. The van der Waals surface area contributed by atoms with E-state index in [0.717, 1.165) is 27.5 Å². The molecule has 0 aliphatic rings. The third-order valence-electron chi connectivity index (χ3n) is 4.35. The fourth-order valence-corrected chi connectivity index (χ4v) is 3.94. The second kappa shape index (κ2) is 7.21. The summed E-state index contributed by atoms with van der Waals surface area (Å²) < 4.78 is 1.19. The van der Waals surface area contributed by atoms with Crippen molar-refractivity contribution in [2.75, 3.05) is 17.7 Å². The third-order valence-corrected chi connectivity index (χ3v) is 5.41. The first-order valence-electron chi connectivity index (χ1n) is 8.69. The van der Waals surface area contributed by atoms with Crippen molar-refractivity contribution >= 4 is 38.8 Å². The number of aryl methyl sites for hydroxylation is 1. The maximum Gasteiger partial charge on any atom is 0.255 e. The summed E-state index contributed by atoms with van der Waals surface area (Å²) in [5, 5.41) is 6.96. The standard InChI is InChI=1S/C22H19N3OS/c1-14-6-11-19-20(12-14)27-22(25-19)15-7-9-17(10-8-15)24-21(26)16-4-3-5-18(13-16)23-2/h3-13,23H,1-2H3,(H,24,26). The first kappa shape index (κ1) is 17.2. The van der Waals surface area contributed by atoms with Gasteiger partial charge in [0.1, 0.15) is 5.01 Å². The van der Waals surface area contributed by atoms with Crippen molar-refractivity contribution in [2.45, 2.75) is 6.92 Å². The summed E-state index contributed by atoms with van der Waals surface area (Å²) in [4.78, 5) is 17.1. The van der Waals surface area contributed by atoms with Crippen molar-refractivity contribution in [3.05, 3.63) is 77.9 Å². The topological polar surface area (TPSA) is 54.0 Å². The lowest BCUT2D eigenvalue weighted by atomic mass is 10.1. The average molecular weight is 373 g/mol. The van der Waals surface area contributed by atoms with Crippen LogP contribution in [0.2, 0.25) is 0 Å². The monoisotopic (exact) mass is 373 g/mol. The molecule has 5 heteroatoms. The van der Waals surface area contributed by atoms with E-state index in [-0.39, 0.29) is 5.91 Å². The predicted molar refractivity (Wildman–Crippen MR) is 114 cm³/mol. The molecule has 2 N–H and O–H groups in total. The number of aromatic nitrogens is 1. The van der Waals surface area contributed by atoms with Gasteiger partial charge in [0.2, 0.25) is 0 Å². The molecular formula is C22H19N3OS. The van der Waals surface area contributed by atoms with Crippen molar-refractivity contribution in [1.29, 1.82) is 0 Å². The number of carbonyl (C=O) groups excluding carboxylic acids is 1. The zero-order valence-corrected chi connectivity index (χ0v) is 15.9. The van der Waals surface area contributed by atoms with Crippen molar-refractivity contribution in [3.8, 4) is 10.6 Å². The summed E-state index contributed by atoms with van der Waals surface area (Å²) in [5.74, 6) is -0.129. The smallest absolute Gasteiger partial charge is 0.255 e. The molecule has 4 nitrogen and oxygen atoms in total. The fraction of sp³-hybridized carbons (Fsp3) is 0.0909. The molecule has 0 atom stereocenters. The zero-order valence-electron chi connectivity index (χ0n) is 15.1. The van der Waals surface area contributed by atoms with E-state index in [4.69, 9.17) is 4.98 Å². The highest BCUT2D eigenvalue weighted by Crippen LogP contribution is 2.31. The first-order valence-corrected chi connectivity index (χ1v) is 9.51. The lowest BCUT2D eigenvalue weighted by Gasteiger charge is -2.07. The molecule has 0 bridgehead atoms. The Hall–Kier alpha value is -3.18. The molecule has 0 aliphatic carbocycles. The first-order chi connectivity index (χ1) is 13.1. The number of benzene rings is 3. The van der Waals surface area contributed by atoms with Gasteiger partial charge >= 0.3 is 0 Å². The van der Waals surface area contributed by atoms with Gasteiger partial charge in [-0.25, -0.2) is 4.98 Å². The van der Waals surface area contributed by atoms with Gasteiger partial charge in [-0.2, -0.15) is 0 Å².